The Morgan fingerprint density at radius 1 is 1.35 bits per heavy atom. The molecule has 0 bridgehead atoms. The van der Waals surface area contributed by atoms with Gasteiger partial charge >= 0.3 is 0 Å². The van der Waals surface area contributed by atoms with Crippen LogP contribution in [0.1, 0.15) is 19.8 Å². The van der Waals surface area contributed by atoms with Crippen LogP contribution in [0.4, 0.5) is 5.69 Å². The molecule has 0 saturated carbocycles. The maximum atomic E-state index is 6.16. The minimum atomic E-state index is 0.0316. The largest absolute Gasteiger partial charge is 0.369 e. The summed E-state index contributed by atoms with van der Waals surface area (Å²) in [6.07, 6.45) is 2.16. The van der Waals surface area contributed by atoms with Crippen LogP contribution in [0.3, 0.4) is 0 Å². The van der Waals surface area contributed by atoms with E-state index >= 15 is 0 Å². The van der Waals surface area contributed by atoms with Crippen LogP contribution in [0.15, 0.2) is 29.3 Å². The summed E-state index contributed by atoms with van der Waals surface area (Å²) in [5.74, 6) is 0.629. The highest BCUT2D eigenvalue weighted by molar-refractivity contribution is 6.30. The van der Waals surface area contributed by atoms with E-state index in [0.717, 1.165) is 36.6 Å². The Hall–Kier alpha value is -1.26. The average molecular weight is 293 g/mol. The van der Waals surface area contributed by atoms with Gasteiger partial charge in [-0.25, -0.2) is 0 Å². The molecule has 0 radical (unpaired) electrons. The summed E-state index contributed by atoms with van der Waals surface area (Å²) in [6.45, 7) is 4.14. The van der Waals surface area contributed by atoms with Gasteiger partial charge in [-0.15, -0.1) is 0 Å². The Kier molecular flexibility index (Phi) is 3.38. The fourth-order valence-electron chi connectivity index (χ4n) is 3.37. The first-order valence-corrected chi connectivity index (χ1v) is 7.46. The summed E-state index contributed by atoms with van der Waals surface area (Å²) < 4.78 is 0. The molecule has 1 spiro atoms. The highest BCUT2D eigenvalue weighted by Gasteiger charge is 2.46. The molecule has 20 heavy (non-hydrogen) atoms. The molecule has 1 aromatic rings. The summed E-state index contributed by atoms with van der Waals surface area (Å²) in [5, 5.41) is 0.745. The second-order valence-corrected chi connectivity index (χ2v) is 6.43. The lowest BCUT2D eigenvalue weighted by molar-refractivity contribution is 0.141. The van der Waals surface area contributed by atoms with Gasteiger partial charge in [0.05, 0.1) is 12.1 Å². The van der Waals surface area contributed by atoms with Gasteiger partial charge in [-0.2, -0.15) is 0 Å². The lowest BCUT2D eigenvalue weighted by Gasteiger charge is -2.47. The fraction of sp³-hybridized carbons (Fsp3) is 0.533. The highest BCUT2D eigenvalue weighted by Crippen LogP contribution is 2.38. The normalized spacial score (nSPS) is 30.9. The standard InChI is InChI=1S/C15H21ClN4/c1-11-9-15(7-8-19(11)2)10-18-14(17)20(15)13-5-3-12(16)4-6-13/h3-6,11H,7-10H2,1-2H3,(H2,17,18). The number of nitrogens with two attached hydrogens (primary N) is 1. The lowest BCUT2D eigenvalue weighted by atomic mass is 9.82. The smallest absolute Gasteiger partial charge is 0.196 e. The van der Waals surface area contributed by atoms with E-state index in [-0.39, 0.29) is 5.54 Å². The summed E-state index contributed by atoms with van der Waals surface area (Å²) in [6, 6.07) is 8.42. The van der Waals surface area contributed by atoms with Gasteiger partial charge in [-0.3, -0.25) is 4.99 Å². The van der Waals surface area contributed by atoms with Crippen molar-refractivity contribution < 1.29 is 0 Å². The molecule has 108 valence electrons. The minimum Gasteiger partial charge on any atom is -0.369 e. The zero-order valence-corrected chi connectivity index (χ0v) is 12.8. The molecule has 2 unspecified atom stereocenters. The van der Waals surface area contributed by atoms with Crippen molar-refractivity contribution >= 4 is 23.2 Å². The average Bonchev–Trinajstić information content (AvgIpc) is 2.73. The first-order chi connectivity index (χ1) is 9.52. The predicted molar refractivity (Wildman–Crippen MR) is 84.5 cm³/mol. The third kappa shape index (κ3) is 2.17. The van der Waals surface area contributed by atoms with Gasteiger partial charge in [0.1, 0.15) is 0 Å². The molecule has 4 nitrogen and oxygen atoms in total. The minimum absolute atomic E-state index is 0.0316. The molecule has 0 aromatic heterocycles. The van der Waals surface area contributed by atoms with Crippen molar-refractivity contribution in [3.8, 4) is 0 Å². The molecule has 0 aliphatic carbocycles. The van der Waals surface area contributed by atoms with Crippen molar-refractivity contribution in [2.75, 3.05) is 25.0 Å². The molecule has 2 N–H and O–H groups in total. The van der Waals surface area contributed by atoms with Gasteiger partial charge in [0.15, 0.2) is 5.96 Å². The number of anilines is 1. The maximum absolute atomic E-state index is 6.16. The number of aliphatic imine (C=N–C) groups is 1. The Morgan fingerprint density at radius 2 is 2.05 bits per heavy atom. The molecule has 1 aromatic carbocycles. The Labute approximate surface area is 125 Å². The first-order valence-electron chi connectivity index (χ1n) is 7.08. The molecule has 3 rings (SSSR count). The lowest BCUT2D eigenvalue weighted by Crippen LogP contribution is -2.59. The summed E-state index contributed by atoms with van der Waals surface area (Å²) in [5.41, 5.74) is 7.28. The Bertz CT molecular complexity index is 527. The van der Waals surface area contributed by atoms with Crippen molar-refractivity contribution in [1.29, 1.82) is 0 Å². The molecule has 2 atom stereocenters. The second kappa shape index (κ2) is 4.93. The van der Waals surface area contributed by atoms with E-state index in [1.54, 1.807) is 0 Å². The predicted octanol–water partition coefficient (Wildman–Crippen LogP) is 2.33. The molecule has 0 amide bonds. The number of hydrogen-bond acceptors (Lipinski definition) is 4. The molecule has 5 heteroatoms. The number of halogens is 1. The van der Waals surface area contributed by atoms with Crippen LogP contribution < -0.4 is 10.6 Å². The molecule has 2 aliphatic rings. The SMILES string of the molecule is CC1CC2(CCN1C)CN=C(N)N2c1ccc(Cl)cc1. The van der Waals surface area contributed by atoms with Crippen LogP contribution in [-0.4, -0.2) is 42.6 Å². The Balaban J connectivity index is 1.94. The van der Waals surface area contributed by atoms with Crippen molar-refractivity contribution in [2.45, 2.75) is 31.3 Å². The molecule has 2 heterocycles. The van der Waals surface area contributed by atoms with E-state index in [2.05, 4.69) is 28.8 Å². The van der Waals surface area contributed by atoms with E-state index in [4.69, 9.17) is 17.3 Å². The van der Waals surface area contributed by atoms with Gasteiger partial charge in [-0.05, 0) is 51.1 Å². The molecular formula is C15H21ClN4. The van der Waals surface area contributed by atoms with Crippen LogP contribution >= 0.6 is 11.6 Å². The monoisotopic (exact) mass is 292 g/mol. The van der Waals surface area contributed by atoms with E-state index < -0.39 is 0 Å². The van der Waals surface area contributed by atoms with Crippen LogP contribution in [-0.2, 0) is 0 Å². The van der Waals surface area contributed by atoms with Gasteiger partial charge in [-0.1, -0.05) is 11.6 Å². The number of rotatable bonds is 1. The second-order valence-electron chi connectivity index (χ2n) is 5.99. The fourth-order valence-corrected chi connectivity index (χ4v) is 3.49. The maximum Gasteiger partial charge on any atom is 0.196 e. The van der Waals surface area contributed by atoms with Gasteiger partial charge in [0.2, 0.25) is 0 Å². The molecule has 1 saturated heterocycles. The summed E-state index contributed by atoms with van der Waals surface area (Å²) >= 11 is 5.99. The Morgan fingerprint density at radius 3 is 2.70 bits per heavy atom. The number of benzene rings is 1. The topological polar surface area (TPSA) is 44.9 Å². The first kappa shape index (κ1) is 13.7. The summed E-state index contributed by atoms with van der Waals surface area (Å²) in [4.78, 5) is 9.14. The van der Waals surface area contributed by atoms with Crippen molar-refractivity contribution in [1.82, 2.24) is 4.90 Å². The van der Waals surface area contributed by atoms with Crippen molar-refractivity contribution in [3.63, 3.8) is 0 Å². The van der Waals surface area contributed by atoms with Crippen LogP contribution in [0.2, 0.25) is 5.02 Å². The summed E-state index contributed by atoms with van der Waals surface area (Å²) in [7, 11) is 2.18. The van der Waals surface area contributed by atoms with E-state index in [1.807, 2.05) is 24.3 Å². The highest BCUT2D eigenvalue weighted by atomic mass is 35.5. The number of nitrogens with zero attached hydrogens (tertiary/aromatic N) is 3. The van der Waals surface area contributed by atoms with Gasteiger partial charge in [0, 0.05) is 23.3 Å². The van der Waals surface area contributed by atoms with Crippen molar-refractivity contribution in [2.24, 2.45) is 10.7 Å². The molecule has 1 fully saturated rings. The number of hydrogen-bond donors (Lipinski definition) is 1. The van der Waals surface area contributed by atoms with E-state index in [0.29, 0.717) is 12.0 Å². The molecular weight excluding hydrogens is 272 g/mol. The zero-order valence-electron chi connectivity index (χ0n) is 12.0. The van der Waals surface area contributed by atoms with E-state index in [1.165, 1.54) is 0 Å². The number of piperidine rings is 1. The van der Waals surface area contributed by atoms with Crippen LogP contribution in [0.25, 0.3) is 0 Å². The number of likely N-dealkylation sites (tertiary alicyclic amines) is 1. The van der Waals surface area contributed by atoms with E-state index in [9.17, 15) is 0 Å². The van der Waals surface area contributed by atoms with Gasteiger partial charge in [0.25, 0.3) is 0 Å². The van der Waals surface area contributed by atoms with Crippen LogP contribution in [0.5, 0.6) is 0 Å². The molecule has 2 aliphatic heterocycles. The number of guanidine groups is 1. The van der Waals surface area contributed by atoms with Gasteiger partial charge < -0.3 is 15.5 Å². The van der Waals surface area contributed by atoms with Crippen molar-refractivity contribution in [3.05, 3.63) is 29.3 Å². The van der Waals surface area contributed by atoms with Crippen LogP contribution in [0, 0.1) is 0 Å². The third-order valence-corrected chi connectivity index (χ3v) is 4.93. The third-order valence-electron chi connectivity index (χ3n) is 4.68. The zero-order chi connectivity index (χ0) is 14.3. The quantitative estimate of drug-likeness (QED) is 0.864.